The average molecular weight is 240 g/mol. The van der Waals surface area contributed by atoms with Crippen LogP contribution < -0.4 is 0 Å². The first-order valence-corrected chi connectivity index (χ1v) is 6.80. The van der Waals surface area contributed by atoms with Gasteiger partial charge in [-0.2, -0.15) is 0 Å². The maximum Gasteiger partial charge on any atom is 0.328 e. The van der Waals surface area contributed by atoms with Gasteiger partial charge in [0.1, 0.15) is 6.10 Å². The molecule has 17 heavy (non-hydrogen) atoms. The number of hydrogen-bond acceptors (Lipinski definition) is 2. The van der Waals surface area contributed by atoms with Gasteiger partial charge >= 0.3 is 5.97 Å². The number of carbonyl (C=O) groups is 1. The Kier molecular flexibility index (Phi) is 6.94. The second-order valence-corrected chi connectivity index (χ2v) is 4.75. The minimum Gasteiger partial charge on any atom is -0.478 e. The normalized spacial score (nSPS) is 23.1. The van der Waals surface area contributed by atoms with Gasteiger partial charge in [0.15, 0.2) is 0 Å². The fraction of sp³-hybridized carbons (Fsp3) is 0.786. The average Bonchev–Trinajstić information content (AvgIpc) is 3.04. The second-order valence-electron chi connectivity index (χ2n) is 4.75. The van der Waals surface area contributed by atoms with Crippen LogP contribution in [0.15, 0.2) is 12.2 Å². The predicted octanol–water partition coefficient (Wildman–Crippen LogP) is 3.54. The monoisotopic (exact) mass is 240 g/mol. The summed E-state index contributed by atoms with van der Waals surface area (Å²) in [4.78, 5) is 10.3. The van der Waals surface area contributed by atoms with Crippen molar-refractivity contribution >= 4 is 5.97 Å². The van der Waals surface area contributed by atoms with E-state index in [0.717, 1.165) is 6.42 Å². The van der Waals surface area contributed by atoms with E-state index >= 15 is 0 Å². The van der Waals surface area contributed by atoms with Crippen molar-refractivity contribution in [3.8, 4) is 0 Å². The third kappa shape index (κ3) is 7.16. The number of hydrogen-bond donors (Lipinski definition) is 1. The van der Waals surface area contributed by atoms with Crippen LogP contribution in [-0.4, -0.2) is 23.3 Å². The molecule has 1 aliphatic heterocycles. The fourth-order valence-corrected chi connectivity index (χ4v) is 2.04. The Bertz CT molecular complexity index is 248. The number of carboxylic acids is 1. The van der Waals surface area contributed by atoms with Gasteiger partial charge in [-0.25, -0.2) is 4.79 Å². The van der Waals surface area contributed by atoms with E-state index in [-0.39, 0.29) is 12.2 Å². The summed E-state index contributed by atoms with van der Waals surface area (Å²) in [7, 11) is 0. The number of epoxide rings is 1. The van der Waals surface area contributed by atoms with Crippen molar-refractivity contribution in [2.45, 2.75) is 70.5 Å². The molecule has 1 saturated heterocycles. The molecule has 1 fully saturated rings. The predicted molar refractivity (Wildman–Crippen MR) is 68.0 cm³/mol. The zero-order chi connectivity index (χ0) is 12.5. The van der Waals surface area contributed by atoms with E-state index in [4.69, 9.17) is 9.84 Å². The van der Waals surface area contributed by atoms with Crippen LogP contribution in [0.3, 0.4) is 0 Å². The van der Waals surface area contributed by atoms with Gasteiger partial charge < -0.3 is 9.84 Å². The highest BCUT2D eigenvalue weighted by molar-refractivity contribution is 5.79. The summed E-state index contributed by atoms with van der Waals surface area (Å²) >= 11 is 0. The minimum atomic E-state index is -0.893. The van der Waals surface area contributed by atoms with Crippen LogP contribution >= 0.6 is 0 Å². The standard InChI is InChI=1S/C14H24O3/c1-2-3-4-5-6-7-8-9-12-13(17-12)10-11-14(15)16/h10-13H,2-9H2,1H3,(H,15,16)/b11-10+. The molecule has 1 rings (SSSR count). The molecular formula is C14H24O3. The fourth-order valence-electron chi connectivity index (χ4n) is 2.04. The van der Waals surface area contributed by atoms with Crippen molar-refractivity contribution in [2.24, 2.45) is 0 Å². The Morgan fingerprint density at radius 2 is 1.82 bits per heavy atom. The Balaban J connectivity index is 1.87. The largest absolute Gasteiger partial charge is 0.478 e. The Hall–Kier alpha value is -0.830. The third-order valence-corrected chi connectivity index (χ3v) is 3.14. The number of aliphatic carboxylic acids is 1. The van der Waals surface area contributed by atoms with Crippen molar-refractivity contribution in [3.05, 3.63) is 12.2 Å². The Morgan fingerprint density at radius 1 is 1.18 bits per heavy atom. The lowest BCUT2D eigenvalue weighted by atomic mass is 10.1. The van der Waals surface area contributed by atoms with E-state index in [1.165, 1.54) is 51.0 Å². The maximum absolute atomic E-state index is 10.3. The van der Waals surface area contributed by atoms with E-state index in [1.807, 2.05) is 0 Å². The third-order valence-electron chi connectivity index (χ3n) is 3.14. The molecule has 1 N–H and O–H groups in total. The van der Waals surface area contributed by atoms with E-state index in [2.05, 4.69) is 6.92 Å². The Morgan fingerprint density at radius 3 is 2.47 bits per heavy atom. The maximum atomic E-state index is 10.3. The molecule has 0 bridgehead atoms. The first kappa shape index (κ1) is 14.2. The molecule has 0 aromatic carbocycles. The molecular weight excluding hydrogens is 216 g/mol. The summed E-state index contributed by atoms with van der Waals surface area (Å²) in [5.41, 5.74) is 0. The molecule has 0 aromatic heterocycles. The lowest BCUT2D eigenvalue weighted by molar-refractivity contribution is -0.131. The van der Waals surface area contributed by atoms with Gasteiger partial charge in [0.05, 0.1) is 6.10 Å². The van der Waals surface area contributed by atoms with Crippen LogP contribution in [-0.2, 0) is 9.53 Å². The van der Waals surface area contributed by atoms with Crippen LogP contribution in [0.4, 0.5) is 0 Å². The van der Waals surface area contributed by atoms with Crippen LogP contribution in [0.2, 0.25) is 0 Å². The summed E-state index contributed by atoms with van der Waals surface area (Å²) in [6, 6.07) is 0. The van der Waals surface area contributed by atoms with Crippen LogP contribution in [0, 0.1) is 0 Å². The summed E-state index contributed by atoms with van der Waals surface area (Å²) in [6.45, 7) is 2.23. The van der Waals surface area contributed by atoms with Crippen molar-refractivity contribution in [3.63, 3.8) is 0 Å². The molecule has 98 valence electrons. The molecule has 3 heteroatoms. The number of rotatable bonds is 10. The smallest absolute Gasteiger partial charge is 0.328 e. The van der Waals surface area contributed by atoms with Gasteiger partial charge in [-0.05, 0) is 12.5 Å². The SMILES string of the molecule is CCCCCCCCCC1OC1/C=C/C(=O)O. The highest BCUT2D eigenvalue weighted by Gasteiger charge is 2.35. The topological polar surface area (TPSA) is 49.8 Å². The minimum absolute atomic E-state index is 0.0613. The highest BCUT2D eigenvalue weighted by atomic mass is 16.6. The lowest BCUT2D eigenvalue weighted by Crippen LogP contribution is -1.93. The molecule has 3 nitrogen and oxygen atoms in total. The molecule has 0 aliphatic carbocycles. The highest BCUT2D eigenvalue weighted by Crippen LogP contribution is 2.28. The van der Waals surface area contributed by atoms with Gasteiger partial charge in [0, 0.05) is 6.08 Å². The quantitative estimate of drug-likeness (QED) is 0.361. The molecule has 2 unspecified atom stereocenters. The summed E-state index contributed by atoms with van der Waals surface area (Å²) in [6.07, 6.45) is 13.4. The number of unbranched alkanes of at least 4 members (excludes halogenated alkanes) is 6. The molecule has 0 spiro atoms. The van der Waals surface area contributed by atoms with Gasteiger partial charge in [0.2, 0.25) is 0 Å². The van der Waals surface area contributed by atoms with Crippen molar-refractivity contribution < 1.29 is 14.6 Å². The molecule has 0 saturated carbocycles. The van der Waals surface area contributed by atoms with Gasteiger partial charge in [-0.3, -0.25) is 0 Å². The molecule has 1 heterocycles. The summed E-state index contributed by atoms with van der Waals surface area (Å²) in [5, 5.41) is 8.45. The van der Waals surface area contributed by atoms with Gasteiger partial charge in [-0.15, -0.1) is 0 Å². The summed E-state index contributed by atoms with van der Waals surface area (Å²) in [5.74, 6) is -0.893. The first-order valence-electron chi connectivity index (χ1n) is 6.80. The summed E-state index contributed by atoms with van der Waals surface area (Å²) < 4.78 is 5.36. The Labute approximate surface area is 104 Å². The lowest BCUT2D eigenvalue weighted by Gasteiger charge is -1.99. The van der Waals surface area contributed by atoms with Crippen LogP contribution in [0.25, 0.3) is 0 Å². The van der Waals surface area contributed by atoms with Crippen molar-refractivity contribution in [1.82, 2.24) is 0 Å². The molecule has 0 radical (unpaired) electrons. The van der Waals surface area contributed by atoms with Crippen LogP contribution in [0.1, 0.15) is 58.3 Å². The zero-order valence-corrected chi connectivity index (χ0v) is 10.7. The molecule has 0 aromatic rings. The van der Waals surface area contributed by atoms with E-state index in [9.17, 15) is 4.79 Å². The van der Waals surface area contributed by atoms with Gasteiger partial charge in [0.25, 0.3) is 0 Å². The van der Waals surface area contributed by atoms with Crippen molar-refractivity contribution in [1.29, 1.82) is 0 Å². The number of ether oxygens (including phenoxy) is 1. The van der Waals surface area contributed by atoms with Crippen LogP contribution in [0.5, 0.6) is 0 Å². The number of carboxylic acid groups (broad SMARTS) is 1. The zero-order valence-electron chi connectivity index (χ0n) is 10.7. The molecule has 1 aliphatic rings. The van der Waals surface area contributed by atoms with E-state index < -0.39 is 5.97 Å². The van der Waals surface area contributed by atoms with E-state index in [1.54, 1.807) is 6.08 Å². The van der Waals surface area contributed by atoms with E-state index in [0.29, 0.717) is 0 Å². The molecule has 0 amide bonds. The molecule has 2 atom stereocenters. The first-order chi connectivity index (χ1) is 8.24. The second kappa shape index (κ2) is 8.29. The van der Waals surface area contributed by atoms with Crippen molar-refractivity contribution in [2.75, 3.05) is 0 Å². The van der Waals surface area contributed by atoms with Gasteiger partial charge in [-0.1, -0.05) is 51.9 Å².